The molecule has 0 unspecified atom stereocenters. The number of amides is 3. The van der Waals surface area contributed by atoms with E-state index in [1.807, 2.05) is 11.6 Å². The van der Waals surface area contributed by atoms with Crippen molar-refractivity contribution >= 4 is 33.8 Å². The molecule has 1 aromatic carbocycles. The number of thiazole rings is 1. The van der Waals surface area contributed by atoms with Gasteiger partial charge in [0.2, 0.25) is 0 Å². The van der Waals surface area contributed by atoms with Gasteiger partial charge in [-0.05, 0) is 30.5 Å². The standard InChI is InChI=1S/C21H20F3N5O2S/c22-21(23,24)7-13-2-1-3-14(6-13)26-19(31)27-15-8-20(9-15)11-28(12-20)17(30)16-10-25-29-4-5-32-18(16)29/h1-6,10,15H,7-9,11-12H2,(H2,26,27,31). The van der Waals surface area contributed by atoms with E-state index in [1.165, 1.54) is 29.5 Å². The molecule has 168 valence electrons. The second-order valence-corrected chi connectivity index (χ2v) is 9.46. The zero-order valence-electron chi connectivity index (χ0n) is 16.9. The Morgan fingerprint density at radius 3 is 2.78 bits per heavy atom. The van der Waals surface area contributed by atoms with Crippen molar-refractivity contribution in [3.8, 4) is 0 Å². The third-order valence-electron chi connectivity index (χ3n) is 5.99. The van der Waals surface area contributed by atoms with Crippen molar-refractivity contribution in [1.29, 1.82) is 0 Å². The summed E-state index contributed by atoms with van der Waals surface area (Å²) in [7, 11) is 0. The molecule has 32 heavy (non-hydrogen) atoms. The molecule has 3 heterocycles. The fourth-order valence-corrected chi connectivity index (χ4v) is 5.43. The van der Waals surface area contributed by atoms with Crippen LogP contribution in [-0.2, 0) is 6.42 Å². The third-order valence-corrected chi connectivity index (χ3v) is 6.87. The summed E-state index contributed by atoms with van der Waals surface area (Å²) in [4.78, 5) is 27.6. The largest absolute Gasteiger partial charge is 0.393 e. The molecule has 0 atom stereocenters. The van der Waals surface area contributed by atoms with Crippen LogP contribution in [0.15, 0.2) is 42.0 Å². The molecular weight excluding hydrogens is 443 g/mol. The van der Waals surface area contributed by atoms with Gasteiger partial charge in [-0.15, -0.1) is 11.3 Å². The summed E-state index contributed by atoms with van der Waals surface area (Å²) in [5, 5.41) is 11.5. The van der Waals surface area contributed by atoms with Crippen LogP contribution < -0.4 is 10.6 Å². The van der Waals surface area contributed by atoms with Crippen LogP contribution in [-0.4, -0.2) is 51.8 Å². The fourth-order valence-electron chi connectivity index (χ4n) is 4.64. The molecule has 3 amide bonds. The second-order valence-electron chi connectivity index (χ2n) is 8.57. The number of likely N-dealkylation sites (tertiary alicyclic amines) is 1. The highest BCUT2D eigenvalue weighted by Crippen LogP contribution is 2.48. The van der Waals surface area contributed by atoms with Crippen molar-refractivity contribution in [3.63, 3.8) is 0 Å². The number of nitrogens with one attached hydrogen (secondary N) is 2. The minimum absolute atomic E-state index is 0.0224. The Morgan fingerprint density at radius 2 is 2.03 bits per heavy atom. The molecule has 0 bridgehead atoms. The topological polar surface area (TPSA) is 78.7 Å². The van der Waals surface area contributed by atoms with Gasteiger partial charge in [0, 0.05) is 41.8 Å². The molecule has 1 saturated heterocycles. The van der Waals surface area contributed by atoms with Gasteiger partial charge in [0.05, 0.1) is 18.2 Å². The zero-order valence-corrected chi connectivity index (χ0v) is 17.7. The molecule has 3 aromatic rings. The Labute approximate surface area is 185 Å². The van der Waals surface area contributed by atoms with Crippen molar-refractivity contribution in [3.05, 3.63) is 53.2 Å². The average Bonchev–Trinajstić information content (AvgIpc) is 3.24. The van der Waals surface area contributed by atoms with E-state index in [9.17, 15) is 22.8 Å². The lowest BCUT2D eigenvalue weighted by Crippen LogP contribution is -2.67. The Hall–Kier alpha value is -3.08. The Balaban J connectivity index is 1.09. The molecule has 2 N–H and O–H groups in total. The lowest BCUT2D eigenvalue weighted by molar-refractivity contribution is -0.127. The first-order chi connectivity index (χ1) is 15.2. The molecular formula is C21H20F3N5O2S. The van der Waals surface area contributed by atoms with E-state index < -0.39 is 18.6 Å². The third kappa shape index (κ3) is 4.04. The average molecular weight is 463 g/mol. The SMILES string of the molecule is O=C(Nc1cccc(CC(F)(F)F)c1)NC1CC2(C1)CN(C(=O)c1cnn3ccsc13)C2. The molecule has 1 aliphatic heterocycles. The van der Waals surface area contributed by atoms with E-state index in [2.05, 4.69) is 15.7 Å². The molecule has 2 aromatic heterocycles. The number of fused-ring (bicyclic) bond motifs is 1. The number of carbonyl (C=O) groups is 2. The van der Waals surface area contributed by atoms with Gasteiger partial charge >= 0.3 is 12.2 Å². The lowest BCUT2D eigenvalue weighted by Gasteiger charge is -2.58. The Kier molecular flexibility index (Phi) is 4.88. The zero-order chi connectivity index (χ0) is 22.5. The first kappa shape index (κ1) is 20.8. The van der Waals surface area contributed by atoms with Crippen LogP contribution in [0.4, 0.5) is 23.7 Å². The number of aromatic nitrogens is 2. The van der Waals surface area contributed by atoms with Gasteiger partial charge in [-0.25, -0.2) is 9.31 Å². The molecule has 11 heteroatoms. The number of carbonyl (C=O) groups excluding carboxylic acids is 2. The van der Waals surface area contributed by atoms with Crippen molar-refractivity contribution < 1.29 is 22.8 Å². The highest BCUT2D eigenvalue weighted by atomic mass is 32.1. The maximum absolute atomic E-state index is 12.7. The van der Waals surface area contributed by atoms with Crippen LogP contribution in [0.5, 0.6) is 0 Å². The fraction of sp³-hybridized carbons (Fsp3) is 0.381. The number of rotatable bonds is 4. The summed E-state index contributed by atoms with van der Waals surface area (Å²) in [6, 6.07) is 5.28. The summed E-state index contributed by atoms with van der Waals surface area (Å²) >= 11 is 1.47. The summed E-state index contributed by atoms with van der Waals surface area (Å²) in [5.74, 6) is -0.0269. The number of nitrogens with zero attached hydrogens (tertiary/aromatic N) is 3. The summed E-state index contributed by atoms with van der Waals surface area (Å²) in [5.41, 5.74) is 1.05. The Morgan fingerprint density at radius 1 is 1.25 bits per heavy atom. The maximum atomic E-state index is 12.7. The predicted molar refractivity (Wildman–Crippen MR) is 113 cm³/mol. The summed E-state index contributed by atoms with van der Waals surface area (Å²) < 4.78 is 39.4. The second kappa shape index (κ2) is 7.51. The van der Waals surface area contributed by atoms with Gasteiger partial charge in [-0.2, -0.15) is 18.3 Å². The van der Waals surface area contributed by atoms with Gasteiger partial charge in [-0.3, -0.25) is 4.79 Å². The molecule has 2 fully saturated rings. The van der Waals surface area contributed by atoms with Gasteiger partial charge in [0.1, 0.15) is 4.83 Å². The van der Waals surface area contributed by atoms with Gasteiger partial charge in [0.15, 0.2) is 0 Å². The minimum atomic E-state index is -4.30. The van der Waals surface area contributed by atoms with E-state index in [4.69, 9.17) is 0 Å². The van der Waals surface area contributed by atoms with E-state index in [0.717, 1.165) is 17.7 Å². The van der Waals surface area contributed by atoms with Crippen molar-refractivity contribution in [2.75, 3.05) is 18.4 Å². The number of hydrogen-bond donors (Lipinski definition) is 2. The molecule has 1 aliphatic carbocycles. The summed E-state index contributed by atoms with van der Waals surface area (Å²) in [6.45, 7) is 1.29. The van der Waals surface area contributed by atoms with Crippen LogP contribution in [0.2, 0.25) is 0 Å². The van der Waals surface area contributed by atoms with Crippen LogP contribution in [0.1, 0.15) is 28.8 Å². The van der Waals surface area contributed by atoms with Crippen LogP contribution in [0, 0.1) is 5.41 Å². The predicted octanol–water partition coefficient (Wildman–Crippen LogP) is 3.93. The molecule has 7 nitrogen and oxygen atoms in total. The maximum Gasteiger partial charge on any atom is 0.393 e. The van der Waals surface area contributed by atoms with E-state index in [0.29, 0.717) is 24.3 Å². The highest BCUT2D eigenvalue weighted by Gasteiger charge is 2.54. The molecule has 2 aliphatic rings. The Bertz CT molecular complexity index is 1170. The van der Waals surface area contributed by atoms with E-state index in [1.54, 1.807) is 21.7 Å². The number of alkyl halides is 3. The van der Waals surface area contributed by atoms with E-state index >= 15 is 0 Å². The lowest BCUT2D eigenvalue weighted by atomic mass is 9.60. The normalized spacial score (nSPS) is 17.8. The van der Waals surface area contributed by atoms with Gasteiger partial charge in [0.25, 0.3) is 5.91 Å². The smallest absolute Gasteiger partial charge is 0.337 e. The van der Waals surface area contributed by atoms with Crippen molar-refractivity contribution in [2.24, 2.45) is 5.41 Å². The number of urea groups is 1. The molecule has 5 rings (SSSR count). The van der Waals surface area contributed by atoms with Crippen molar-refractivity contribution in [1.82, 2.24) is 19.8 Å². The van der Waals surface area contributed by atoms with Crippen LogP contribution in [0.3, 0.4) is 0 Å². The van der Waals surface area contributed by atoms with Crippen molar-refractivity contribution in [2.45, 2.75) is 31.5 Å². The van der Waals surface area contributed by atoms with Gasteiger partial charge < -0.3 is 15.5 Å². The number of anilines is 1. The summed E-state index contributed by atoms with van der Waals surface area (Å²) in [6.07, 6.45) is -0.400. The highest BCUT2D eigenvalue weighted by molar-refractivity contribution is 7.15. The number of halogens is 3. The van der Waals surface area contributed by atoms with Crippen LogP contribution >= 0.6 is 11.3 Å². The number of benzene rings is 1. The molecule has 0 radical (unpaired) electrons. The van der Waals surface area contributed by atoms with Crippen LogP contribution in [0.25, 0.3) is 4.83 Å². The monoisotopic (exact) mass is 463 g/mol. The first-order valence-corrected chi connectivity index (χ1v) is 11.0. The first-order valence-electron chi connectivity index (χ1n) is 10.1. The molecule has 1 spiro atoms. The number of hydrogen-bond acceptors (Lipinski definition) is 4. The van der Waals surface area contributed by atoms with E-state index in [-0.39, 0.29) is 22.9 Å². The minimum Gasteiger partial charge on any atom is -0.337 e. The van der Waals surface area contributed by atoms with Gasteiger partial charge in [-0.1, -0.05) is 12.1 Å². The molecule has 1 saturated carbocycles. The quantitative estimate of drug-likeness (QED) is 0.616.